The zero-order valence-electron chi connectivity index (χ0n) is 11.7. The van der Waals surface area contributed by atoms with Crippen molar-refractivity contribution in [2.75, 3.05) is 25.1 Å². The van der Waals surface area contributed by atoms with E-state index in [1.54, 1.807) is 0 Å². The first kappa shape index (κ1) is 17.9. The van der Waals surface area contributed by atoms with Crippen LogP contribution in [-0.2, 0) is 0 Å². The Balaban J connectivity index is 0.000000220. The number of nitrogens with one attached hydrogen (secondary N) is 2. The number of hydrogen-bond donors (Lipinski definition) is 4. The molecule has 0 saturated heterocycles. The molecule has 0 saturated carbocycles. The zero-order chi connectivity index (χ0) is 16.5. The number of nitrogens with two attached hydrogens (primary N) is 2. The second kappa shape index (κ2) is 9.00. The van der Waals surface area contributed by atoms with Crippen LogP contribution in [0, 0.1) is 0 Å². The number of rotatable bonds is 4. The van der Waals surface area contributed by atoms with E-state index in [4.69, 9.17) is 44.4 Å². The summed E-state index contributed by atoms with van der Waals surface area (Å²) >= 11 is 11.0. The van der Waals surface area contributed by atoms with Gasteiger partial charge in [-0.1, -0.05) is 0 Å². The Labute approximate surface area is 136 Å². The fourth-order valence-electron chi connectivity index (χ4n) is 1.20. The Bertz CT molecular complexity index is 562. The van der Waals surface area contributed by atoms with E-state index in [-0.39, 0.29) is 10.6 Å². The van der Waals surface area contributed by atoms with Crippen LogP contribution in [0.15, 0.2) is 12.4 Å². The standard InChI is InChI=1S/2C5H7ClN4O/c2*1-11-3-2-8-5(6)9-4(3)10-7/h2*2H,7H2,1H3,(H,8,9,10). The molecule has 6 N–H and O–H groups in total. The van der Waals surface area contributed by atoms with Crippen molar-refractivity contribution in [2.45, 2.75) is 0 Å². The average Bonchev–Trinajstić information content (AvgIpc) is 2.55. The predicted octanol–water partition coefficient (Wildman–Crippen LogP) is 0.848. The van der Waals surface area contributed by atoms with E-state index in [0.29, 0.717) is 23.1 Å². The summed E-state index contributed by atoms with van der Waals surface area (Å²) in [5.41, 5.74) is 4.65. The Morgan fingerprint density at radius 2 is 1.23 bits per heavy atom. The first-order valence-corrected chi connectivity index (χ1v) is 6.37. The topological polar surface area (TPSA) is 146 Å². The lowest BCUT2D eigenvalue weighted by molar-refractivity contribution is 0.412. The molecule has 12 heteroatoms. The zero-order valence-corrected chi connectivity index (χ0v) is 13.2. The third-order valence-corrected chi connectivity index (χ3v) is 2.53. The summed E-state index contributed by atoms with van der Waals surface area (Å²) in [5.74, 6) is 11.9. The maximum Gasteiger partial charge on any atom is 0.224 e. The van der Waals surface area contributed by atoms with E-state index < -0.39 is 0 Å². The van der Waals surface area contributed by atoms with Gasteiger partial charge in [0.25, 0.3) is 0 Å². The molecule has 2 heterocycles. The minimum atomic E-state index is 0.124. The second-order valence-corrected chi connectivity index (χ2v) is 4.08. The lowest BCUT2D eigenvalue weighted by atomic mass is 10.5. The van der Waals surface area contributed by atoms with Gasteiger partial charge in [-0.05, 0) is 23.2 Å². The Morgan fingerprint density at radius 3 is 1.50 bits per heavy atom. The maximum absolute atomic E-state index is 5.48. The smallest absolute Gasteiger partial charge is 0.224 e. The van der Waals surface area contributed by atoms with Gasteiger partial charge >= 0.3 is 0 Å². The summed E-state index contributed by atoms with van der Waals surface area (Å²) in [5, 5.41) is 0.248. The lowest BCUT2D eigenvalue weighted by Gasteiger charge is -2.04. The first-order chi connectivity index (χ1) is 10.5. The summed E-state index contributed by atoms with van der Waals surface area (Å²) in [7, 11) is 2.99. The van der Waals surface area contributed by atoms with Gasteiger partial charge < -0.3 is 20.3 Å². The molecular weight excluding hydrogens is 335 g/mol. The van der Waals surface area contributed by atoms with Crippen LogP contribution in [-0.4, -0.2) is 34.2 Å². The van der Waals surface area contributed by atoms with Gasteiger partial charge in [-0.25, -0.2) is 21.7 Å². The molecule has 0 aliphatic rings. The van der Waals surface area contributed by atoms with Crippen molar-refractivity contribution in [3.05, 3.63) is 23.0 Å². The van der Waals surface area contributed by atoms with Gasteiger partial charge in [0.15, 0.2) is 23.1 Å². The molecule has 0 bridgehead atoms. The van der Waals surface area contributed by atoms with Crippen molar-refractivity contribution in [1.29, 1.82) is 0 Å². The SMILES string of the molecule is COc1cnc(Cl)nc1NN.COc1cnc(Cl)nc1NN. The maximum atomic E-state index is 5.48. The lowest BCUT2D eigenvalue weighted by Crippen LogP contribution is -2.10. The van der Waals surface area contributed by atoms with Crippen molar-refractivity contribution in [3.63, 3.8) is 0 Å². The van der Waals surface area contributed by atoms with Gasteiger partial charge in [0.2, 0.25) is 10.6 Å². The Morgan fingerprint density at radius 1 is 0.864 bits per heavy atom. The number of anilines is 2. The number of ether oxygens (including phenoxy) is 2. The summed E-state index contributed by atoms with van der Waals surface area (Å²) in [4.78, 5) is 14.9. The molecule has 0 unspecified atom stereocenters. The Hall–Kier alpha value is -2.14. The van der Waals surface area contributed by atoms with Gasteiger partial charge in [-0.2, -0.15) is 9.97 Å². The van der Waals surface area contributed by atoms with Crippen LogP contribution in [0.5, 0.6) is 11.5 Å². The van der Waals surface area contributed by atoms with Crippen molar-refractivity contribution in [3.8, 4) is 11.5 Å². The van der Waals surface area contributed by atoms with Gasteiger partial charge in [-0.15, -0.1) is 0 Å². The van der Waals surface area contributed by atoms with Gasteiger partial charge in [-0.3, -0.25) is 0 Å². The molecule has 0 aromatic carbocycles. The van der Waals surface area contributed by atoms with Crippen molar-refractivity contribution in [1.82, 2.24) is 19.9 Å². The van der Waals surface area contributed by atoms with E-state index in [9.17, 15) is 0 Å². The van der Waals surface area contributed by atoms with Crippen LogP contribution in [0.2, 0.25) is 10.6 Å². The number of nitrogens with zero attached hydrogens (tertiary/aromatic N) is 4. The quantitative estimate of drug-likeness (QED) is 0.356. The molecule has 0 radical (unpaired) electrons. The number of aromatic nitrogens is 4. The second-order valence-electron chi connectivity index (χ2n) is 3.40. The largest absolute Gasteiger partial charge is 0.491 e. The van der Waals surface area contributed by atoms with Crippen LogP contribution in [0.4, 0.5) is 11.6 Å². The molecule has 10 nitrogen and oxygen atoms in total. The number of halogens is 2. The molecule has 0 fully saturated rings. The molecule has 2 aromatic heterocycles. The molecule has 0 atom stereocenters. The van der Waals surface area contributed by atoms with Gasteiger partial charge in [0.1, 0.15) is 0 Å². The van der Waals surface area contributed by atoms with E-state index in [1.807, 2.05) is 0 Å². The van der Waals surface area contributed by atoms with Crippen molar-refractivity contribution >= 4 is 34.8 Å². The minimum Gasteiger partial charge on any atom is -0.491 e. The highest BCUT2D eigenvalue weighted by molar-refractivity contribution is 6.28. The van der Waals surface area contributed by atoms with Crippen LogP contribution < -0.4 is 32.0 Å². The fraction of sp³-hybridized carbons (Fsp3) is 0.200. The van der Waals surface area contributed by atoms with Crippen molar-refractivity contribution < 1.29 is 9.47 Å². The van der Waals surface area contributed by atoms with Gasteiger partial charge in [0, 0.05) is 0 Å². The van der Waals surface area contributed by atoms with E-state index in [2.05, 4.69) is 30.8 Å². The number of nitrogen functional groups attached to an aromatic ring is 2. The van der Waals surface area contributed by atoms with E-state index in [1.165, 1.54) is 26.6 Å². The summed E-state index contributed by atoms with van der Waals surface area (Å²) in [6.07, 6.45) is 2.87. The summed E-state index contributed by atoms with van der Waals surface area (Å²) in [6, 6.07) is 0. The molecule has 0 aliphatic carbocycles. The molecule has 0 spiro atoms. The van der Waals surface area contributed by atoms with E-state index >= 15 is 0 Å². The number of methoxy groups -OCH3 is 2. The monoisotopic (exact) mass is 348 g/mol. The fourth-order valence-corrected chi connectivity index (χ4v) is 1.47. The highest BCUT2D eigenvalue weighted by Crippen LogP contribution is 2.20. The number of hydrazine groups is 2. The molecule has 0 amide bonds. The molecular formula is C10H14Cl2N8O2. The molecule has 2 rings (SSSR count). The van der Waals surface area contributed by atoms with Crippen LogP contribution in [0.1, 0.15) is 0 Å². The third-order valence-electron chi connectivity index (χ3n) is 2.16. The third kappa shape index (κ3) is 5.00. The van der Waals surface area contributed by atoms with E-state index in [0.717, 1.165) is 0 Å². The predicted molar refractivity (Wildman–Crippen MR) is 82.8 cm³/mol. The first-order valence-electron chi connectivity index (χ1n) is 5.62. The summed E-state index contributed by atoms with van der Waals surface area (Å²) < 4.78 is 9.73. The van der Waals surface area contributed by atoms with Crippen LogP contribution in [0.3, 0.4) is 0 Å². The highest BCUT2D eigenvalue weighted by atomic mass is 35.5. The molecule has 120 valence electrons. The number of hydrogen-bond acceptors (Lipinski definition) is 10. The molecule has 0 aliphatic heterocycles. The molecule has 22 heavy (non-hydrogen) atoms. The molecule has 2 aromatic rings. The van der Waals surface area contributed by atoms with Crippen LogP contribution >= 0.6 is 23.2 Å². The Kier molecular flexibility index (Phi) is 7.32. The normalized spacial score (nSPS) is 9.36. The van der Waals surface area contributed by atoms with Crippen LogP contribution in [0.25, 0.3) is 0 Å². The van der Waals surface area contributed by atoms with Crippen molar-refractivity contribution in [2.24, 2.45) is 11.7 Å². The summed E-state index contributed by atoms with van der Waals surface area (Å²) in [6.45, 7) is 0. The average molecular weight is 349 g/mol. The highest BCUT2D eigenvalue weighted by Gasteiger charge is 2.04. The van der Waals surface area contributed by atoms with Gasteiger partial charge in [0.05, 0.1) is 26.6 Å². The minimum absolute atomic E-state index is 0.124.